The van der Waals surface area contributed by atoms with Crippen LogP contribution >= 0.6 is 11.8 Å². The molecule has 4 nitrogen and oxygen atoms in total. The molecular weight excluding hydrogens is 390 g/mol. The fourth-order valence-corrected chi connectivity index (χ4v) is 5.60. The van der Waals surface area contributed by atoms with Gasteiger partial charge in [-0.15, -0.1) is 0 Å². The summed E-state index contributed by atoms with van der Waals surface area (Å²) in [5, 5.41) is 3.60. The molecule has 0 spiro atoms. The second kappa shape index (κ2) is 9.17. The summed E-state index contributed by atoms with van der Waals surface area (Å²) < 4.78 is 0. The lowest BCUT2D eigenvalue weighted by atomic mass is 9.85. The van der Waals surface area contributed by atoms with E-state index in [0.717, 1.165) is 28.3 Å². The van der Waals surface area contributed by atoms with E-state index >= 15 is 0 Å². The zero-order chi connectivity index (χ0) is 21.1. The van der Waals surface area contributed by atoms with Crippen molar-refractivity contribution in [3.05, 3.63) is 65.1 Å². The smallest absolute Gasteiger partial charge is 0.262 e. The van der Waals surface area contributed by atoms with Gasteiger partial charge in [0.1, 0.15) is 0 Å². The Hall–Kier alpha value is -2.40. The van der Waals surface area contributed by atoms with Gasteiger partial charge >= 0.3 is 0 Å². The first-order valence-electron chi connectivity index (χ1n) is 10.8. The highest BCUT2D eigenvalue weighted by molar-refractivity contribution is 8.05. The summed E-state index contributed by atoms with van der Waals surface area (Å²) in [6.07, 6.45) is 6.80. The molecule has 5 heteroatoms. The minimum absolute atomic E-state index is 0.0715. The molecule has 4 rings (SSSR count). The summed E-state index contributed by atoms with van der Waals surface area (Å²) >= 11 is 1.64. The number of carbonyl (C=O) groups is 1. The lowest BCUT2D eigenvalue weighted by Gasteiger charge is -2.39. The van der Waals surface area contributed by atoms with Crippen LogP contribution < -0.4 is 10.2 Å². The summed E-state index contributed by atoms with van der Waals surface area (Å²) in [6.45, 7) is 2.29. The second-order valence-electron chi connectivity index (χ2n) is 8.52. The molecule has 1 N–H and O–H groups in total. The molecule has 1 aliphatic heterocycles. The Morgan fingerprint density at radius 3 is 2.40 bits per heavy atom. The fourth-order valence-electron chi connectivity index (χ4n) is 4.39. The maximum absolute atomic E-state index is 13.5. The molecule has 0 radical (unpaired) electrons. The van der Waals surface area contributed by atoms with E-state index < -0.39 is 0 Å². The van der Waals surface area contributed by atoms with Crippen LogP contribution in [0.3, 0.4) is 0 Å². The number of benzene rings is 2. The standard InChI is InChI=1S/C25H31N3OS/c1-18-9-7-8-12-22(18)28-24(29)23(17-19-13-15-21(16-14-19)27(2)3)30-25(28)26-20-10-5-4-6-11-20/h4-6,10-11,13-18,22,25-26H,7-9,12H2,1-3H3/b23-17-/t18-,22-,25?/m0/s1. The van der Waals surface area contributed by atoms with E-state index in [1.54, 1.807) is 11.8 Å². The van der Waals surface area contributed by atoms with Gasteiger partial charge in [-0.2, -0.15) is 0 Å². The average molecular weight is 422 g/mol. The number of nitrogens with zero attached hydrogens (tertiary/aromatic N) is 2. The number of hydrogen-bond acceptors (Lipinski definition) is 4. The SMILES string of the molecule is C[C@H]1CCCC[C@@H]1N1C(=O)/C(=C/c2ccc(N(C)C)cc2)SC1Nc1ccccc1. The maximum atomic E-state index is 13.5. The number of nitrogens with one attached hydrogen (secondary N) is 1. The molecule has 2 aliphatic rings. The Bertz CT molecular complexity index is 894. The zero-order valence-corrected chi connectivity index (χ0v) is 18.9. The maximum Gasteiger partial charge on any atom is 0.262 e. The van der Waals surface area contributed by atoms with Gasteiger partial charge in [0, 0.05) is 31.5 Å². The summed E-state index contributed by atoms with van der Waals surface area (Å²) in [6, 6.07) is 18.9. The van der Waals surface area contributed by atoms with Gasteiger partial charge in [-0.1, -0.05) is 61.9 Å². The van der Waals surface area contributed by atoms with Crippen molar-refractivity contribution in [1.82, 2.24) is 4.90 Å². The molecule has 2 fully saturated rings. The first-order valence-corrected chi connectivity index (χ1v) is 11.7. The van der Waals surface area contributed by atoms with Crippen molar-refractivity contribution in [3.8, 4) is 0 Å². The van der Waals surface area contributed by atoms with Gasteiger partial charge in [-0.25, -0.2) is 0 Å². The molecular formula is C25H31N3OS. The van der Waals surface area contributed by atoms with Gasteiger partial charge in [0.25, 0.3) is 5.91 Å². The molecule has 3 atom stereocenters. The molecule has 1 unspecified atom stereocenters. The third kappa shape index (κ3) is 4.51. The van der Waals surface area contributed by atoms with E-state index in [1.807, 2.05) is 38.4 Å². The minimum Gasteiger partial charge on any atom is -0.378 e. The molecule has 1 aliphatic carbocycles. The Balaban J connectivity index is 1.61. The van der Waals surface area contributed by atoms with Gasteiger partial charge in [-0.3, -0.25) is 4.79 Å². The van der Waals surface area contributed by atoms with E-state index in [9.17, 15) is 4.79 Å². The quantitative estimate of drug-likeness (QED) is 0.634. The Morgan fingerprint density at radius 2 is 1.73 bits per heavy atom. The number of thioether (sulfide) groups is 1. The lowest BCUT2D eigenvalue weighted by Crippen LogP contribution is -2.48. The number of carbonyl (C=O) groups excluding carboxylic acids is 1. The van der Waals surface area contributed by atoms with E-state index in [1.165, 1.54) is 19.3 Å². The van der Waals surface area contributed by atoms with Crippen LogP contribution in [-0.2, 0) is 4.79 Å². The topological polar surface area (TPSA) is 35.6 Å². The van der Waals surface area contributed by atoms with E-state index in [-0.39, 0.29) is 11.4 Å². The molecule has 30 heavy (non-hydrogen) atoms. The summed E-state index contributed by atoms with van der Waals surface area (Å²) in [4.78, 5) is 18.5. The van der Waals surface area contributed by atoms with E-state index in [2.05, 4.69) is 58.4 Å². The van der Waals surface area contributed by atoms with E-state index in [4.69, 9.17) is 0 Å². The third-order valence-electron chi connectivity index (χ3n) is 6.13. The van der Waals surface area contributed by atoms with Gasteiger partial charge in [-0.05, 0) is 54.7 Å². The molecule has 2 aromatic carbocycles. The van der Waals surface area contributed by atoms with Crippen molar-refractivity contribution in [2.45, 2.75) is 44.1 Å². The predicted molar refractivity (Wildman–Crippen MR) is 128 cm³/mol. The van der Waals surface area contributed by atoms with Crippen LogP contribution in [-0.4, -0.2) is 36.4 Å². The molecule has 1 saturated carbocycles. The lowest BCUT2D eigenvalue weighted by molar-refractivity contribution is -0.129. The molecule has 1 saturated heterocycles. The van der Waals surface area contributed by atoms with Gasteiger partial charge in [0.15, 0.2) is 5.50 Å². The average Bonchev–Trinajstić information content (AvgIpc) is 3.04. The molecule has 2 aromatic rings. The van der Waals surface area contributed by atoms with Crippen molar-refractivity contribution in [2.75, 3.05) is 24.3 Å². The summed E-state index contributed by atoms with van der Waals surface area (Å²) in [5.41, 5.74) is 3.20. The molecule has 158 valence electrons. The van der Waals surface area contributed by atoms with Gasteiger partial charge in [0.05, 0.1) is 4.91 Å². The van der Waals surface area contributed by atoms with Crippen molar-refractivity contribution in [1.29, 1.82) is 0 Å². The highest BCUT2D eigenvalue weighted by atomic mass is 32.2. The highest BCUT2D eigenvalue weighted by Gasteiger charge is 2.42. The first kappa shape index (κ1) is 20.9. The van der Waals surface area contributed by atoms with Crippen molar-refractivity contribution in [2.24, 2.45) is 5.92 Å². The van der Waals surface area contributed by atoms with Gasteiger partial charge < -0.3 is 15.1 Å². The van der Waals surface area contributed by atoms with Crippen LogP contribution in [0.25, 0.3) is 6.08 Å². The molecule has 1 heterocycles. The number of rotatable bonds is 5. The van der Waals surface area contributed by atoms with Gasteiger partial charge in [0.2, 0.25) is 0 Å². The van der Waals surface area contributed by atoms with Crippen LogP contribution in [0.5, 0.6) is 0 Å². The zero-order valence-electron chi connectivity index (χ0n) is 18.0. The van der Waals surface area contributed by atoms with Crippen LogP contribution in [0, 0.1) is 5.92 Å². The van der Waals surface area contributed by atoms with E-state index in [0.29, 0.717) is 12.0 Å². The monoisotopic (exact) mass is 421 g/mol. The largest absolute Gasteiger partial charge is 0.378 e. The summed E-state index contributed by atoms with van der Waals surface area (Å²) in [7, 11) is 4.07. The van der Waals surface area contributed by atoms with Crippen LogP contribution in [0.1, 0.15) is 38.2 Å². The van der Waals surface area contributed by atoms with Crippen molar-refractivity contribution in [3.63, 3.8) is 0 Å². The second-order valence-corrected chi connectivity index (χ2v) is 9.64. The molecule has 0 bridgehead atoms. The predicted octanol–water partition coefficient (Wildman–Crippen LogP) is 5.64. The van der Waals surface area contributed by atoms with Crippen LogP contribution in [0.4, 0.5) is 11.4 Å². The van der Waals surface area contributed by atoms with Crippen molar-refractivity contribution >= 4 is 35.1 Å². The number of anilines is 2. The first-order chi connectivity index (χ1) is 14.5. The van der Waals surface area contributed by atoms with Crippen LogP contribution in [0.2, 0.25) is 0 Å². The fraction of sp³-hybridized carbons (Fsp3) is 0.400. The summed E-state index contributed by atoms with van der Waals surface area (Å²) in [5.74, 6) is 0.686. The molecule has 1 amide bonds. The van der Waals surface area contributed by atoms with Crippen LogP contribution in [0.15, 0.2) is 59.5 Å². The molecule has 0 aromatic heterocycles. The normalized spacial score (nSPS) is 25.6. The number of hydrogen-bond donors (Lipinski definition) is 1. The Labute approximate surface area is 184 Å². The highest BCUT2D eigenvalue weighted by Crippen LogP contribution is 2.42. The Morgan fingerprint density at radius 1 is 1.03 bits per heavy atom. The number of para-hydroxylation sites is 1. The number of amides is 1. The van der Waals surface area contributed by atoms with Crippen molar-refractivity contribution < 1.29 is 4.79 Å². The third-order valence-corrected chi connectivity index (χ3v) is 7.25. The Kier molecular flexibility index (Phi) is 6.38. The minimum atomic E-state index is -0.0715.